The predicted molar refractivity (Wildman–Crippen MR) is 90.4 cm³/mol. The highest BCUT2D eigenvalue weighted by Crippen LogP contribution is 2.16. The number of hydrogen-bond acceptors (Lipinski definition) is 5. The van der Waals surface area contributed by atoms with E-state index in [1.54, 1.807) is 6.20 Å². The number of aromatic nitrogens is 2. The molecule has 2 aromatic rings. The summed E-state index contributed by atoms with van der Waals surface area (Å²) in [6.45, 7) is 7.96. The van der Waals surface area contributed by atoms with Gasteiger partial charge in [0.05, 0.1) is 12.2 Å². The molecule has 1 amide bonds. The van der Waals surface area contributed by atoms with Gasteiger partial charge in [0.1, 0.15) is 11.4 Å². The zero-order valence-electron chi connectivity index (χ0n) is 13.9. The van der Waals surface area contributed by atoms with Crippen molar-refractivity contribution in [1.29, 1.82) is 0 Å². The van der Waals surface area contributed by atoms with E-state index >= 15 is 0 Å². The van der Waals surface area contributed by atoms with Gasteiger partial charge < -0.3 is 10.1 Å². The normalized spacial score (nSPS) is 11.0. The quantitative estimate of drug-likeness (QED) is 0.899. The van der Waals surface area contributed by atoms with Crippen LogP contribution in [0.5, 0.6) is 0 Å². The molecule has 0 aliphatic carbocycles. The van der Waals surface area contributed by atoms with E-state index in [4.69, 9.17) is 4.74 Å². The molecule has 23 heavy (non-hydrogen) atoms. The van der Waals surface area contributed by atoms with E-state index in [0.717, 1.165) is 17.2 Å². The molecule has 0 aliphatic rings. The number of nitrogens with one attached hydrogen (secondary N) is 2. The maximum Gasteiger partial charge on any atom is 0.412 e. The molecule has 0 spiro atoms. The number of anilines is 2. The summed E-state index contributed by atoms with van der Waals surface area (Å²) in [5, 5.41) is 5.97. The topological polar surface area (TPSA) is 76.1 Å². The number of aryl methyl sites for hydroxylation is 1. The van der Waals surface area contributed by atoms with Gasteiger partial charge in [0.15, 0.2) is 0 Å². The Labute approximate surface area is 136 Å². The van der Waals surface area contributed by atoms with Gasteiger partial charge in [0.25, 0.3) is 0 Å². The van der Waals surface area contributed by atoms with Gasteiger partial charge in [0, 0.05) is 17.6 Å². The first-order chi connectivity index (χ1) is 10.8. The van der Waals surface area contributed by atoms with Gasteiger partial charge in [-0.1, -0.05) is 0 Å². The molecule has 0 saturated heterocycles. The minimum Gasteiger partial charge on any atom is -0.444 e. The van der Waals surface area contributed by atoms with Crippen molar-refractivity contribution >= 4 is 17.5 Å². The second kappa shape index (κ2) is 7.09. The molecule has 0 unspecified atom stereocenters. The van der Waals surface area contributed by atoms with Crippen molar-refractivity contribution in [3.63, 3.8) is 0 Å². The fraction of sp³-hybridized carbons (Fsp3) is 0.353. The lowest BCUT2D eigenvalue weighted by atomic mass is 10.2. The highest BCUT2D eigenvalue weighted by Gasteiger charge is 2.15. The largest absolute Gasteiger partial charge is 0.444 e. The first-order valence-electron chi connectivity index (χ1n) is 7.44. The van der Waals surface area contributed by atoms with Crippen LogP contribution in [0.2, 0.25) is 0 Å². The lowest BCUT2D eigenvalue weighted by Gasteiger charge is -2.19. The molecule has 0 bridgehead atoms. The van der Waals surface area contributed by atoms with E-state index in [1.165, 1.54) is 0 Å². The number of rotatable bonds is 4. The van der Waals surface area contributed by atoms with Crippen LogP contribution in [0.1, 0.15) is 32.3 Å². The average Bonchev–Trinajstić information content (AvgIpc) is 2.44. The molecule has 1 aromatic heterocycles. The molecular formula is C17H22N4O2. The fourth-order valence-corrected chi connectivity index (χ4v) is 1.89. The molecule has 6 nitrogen and oxygen atoms in total. The lowest BCUT2D eigenvalue weighted by molar-refractivity contribution is 0.0636. The highest BCUT2D eigenvalue weighted by atomic mass is 16.6. The fourth-order valence-electron chi connectivity index (χ4n) is 1.89. The molecule has 0 atom stereocenters. The summed E-state index contributed by atoms with van der Waals surface area (Å²) in [6.07, 6.45) is 1.28. The van der Waals surface area contributed by atoms with Crippen molar-refractivity contribution in [2.45, 2.75) is 39.8 Å². The van der Waals surface area contributed by atoms with Crippen molar-refractivity contribution in [1.82, 2.24) is 9.97 Å². The maximum atomic E-state index is 11.7. The SMILES string of the molecule is Cc1nccc(CNc2ccc(NC(=O)OC(C)(C)C)cc2)n1. The third-order valence-corrected chi connectivity index (χ3v) is 2.84. The van der Waals surface area contributed by atoms with Crippen LogP contribution in [0.25, 0.3) is 0 Å². The summed E-state index contributed by atoms with van der Waals surface area (Å²) in [5.74, 6) is 0.751. The molecule has 0 aliphatic heterocycles. The zero-order chi connectivity index (χ0) is 16.9. The molecule has 2 rings (SSSR count). The number of carbonyl (C=O) groups excluding carboxylic acids is 1. The Balaban J connectivity index is 1.88. The Morgan fingerprint density at radius 1 is 1.13 bits per heavy atom. The van der Waals surface area contributed by atoms with E-state index in [-0.39, 0.29) is 0 Å². The second-order valence-electron chi connectivity index (χ2n) is 6.15. The highest BCUT2D eigenvalue weighted by molar-refractivity contribution is 5.85. The molecule has 0 fully saturated rings. The van der Waals surface area contributed by atoms with Crippen molar-refractivity contribution < 1.29 is 9.53 Å². The minimum atomic E-state index is -0.513. The summed E-state index contributed by atoms with van der Waals surface area (Å²) in [5.41, 5.74) is 2.04. The molecule has 0 saturated carbocycles. The number of amides is 1. The van der Waals surface area contributed by atoms with Gasteiger partial charge in [-0.05, 0) is 58.0 Å². The zero-order valence-corrected chi connectivity index (χ0v) is 13.9. The Bertz CT molecular complexity index is 663. The van der Waals surface area contributed by atoms with Gasteiger partial charge in [0.2, 0.25) is 0 Å². The third-order valence-electron chi connectivity index (χ3n) is 2.84. The van der Waals surface area contributed by atoms with Crippen LogP contribution in [0.3, 0.4) is 0 Å². The number of hydrogen-bond donors (Lipinski definition) is 2. The summed E-state index contributed by atoms with van der Waals surface area (Å²) in [7, 11) is 0. The predicted octanol–water partition coefficient (Wildman–Crippen LogP) is 3.74. The van der Waals surface area contributed by atoms with E-state index < -0.39 is 11.7 Å². The standard InChI is InChI=1S/C17H22N4O2/c1-12-18-10-9-15(20-12)11-19-13-5-7-14(8-6-13)21-16(22)23-17(2,3)4/h5-10,19H,11H2,1-4H3,(H,21,22). The van der Waals surface area contributed by atoms with Crippen LogP contribution >= 0.6 is 0 Å². The van der Waals surface area contributed by atoms with Crippen LogP contribution in [-0.2, 0) is 11.3 Å². The smallest absolute Gasteiger partial charge is 0.412 e. The summed E-state index contributed by atoms with van der Waals surface area (Å²) in [6, 6.07) is 9.29. The molecule has 0 radical (unpaired) electrons. The Morgan fingerprint density at radius 2 is 1.78 bits per heavy atom. The van der Waals surface area contributed by atoms with Gasteiger partial charge in [-0.15, -0.1) is 0 Å². The van der Waals surface area contributed by atoms with Gasteiger partial charge in [-0.25, -0.2) is 14.8 Å². The van der Waals surface area contributed by atoms with Gasteiger partial charge in [-0.3, -0.25) is 5.32 Å². The molecule has 122 valence electrons. The average molecular weight is 314 g/mol. The Hall–Kier alpha value is -2.63. The van der Waals surface area contributed by atoms with E-state index in [2.05, 4.69) is 20.6 Å². The van der Waals surface area contributed by atoms with Gasteiger partial charge >= 0.3 is 6.09 Å². The number of carbonyl (C=O) groups is 1. The van der Waals surface area contributed by atoms with Crippen molar-refractivity contribution in [2.24, 2.45) is 0 Å². The van der Waals surface area contributed by atoms with E-state index in [9.17, 15) is 4.79 Å². The van der Waals surface area contributed by atoms with Crippen molar-refractivity contribution in [3.05, 3.63) is 48.0 Å². The molecular weight excluding hydrogens is 292 g/mol. The number of nitrogens with zero attached hydrogens (tertiary/aromatic N) is 2. The molecule has 6 heteroatoms. The van der Waals surface area contributed by atoms with Crippen LogP contribution in [0.4, 0.5) is 16.2 Å². The van der Waals surface area contributed by atoms with E-state index in [1.807, 2.05) is 58.0 Å². The number of benzene rings is 1. The van der Waals surface area contributed by atoms with Crippen LogP contribution < -0.4 is 10.6 Å². The summed E-state index contributed by atoms with van der Waals surface area (Å²) < 4.78 is 5.21. The Morgan fingerprint density at radius 3 is 2.39 bits per heavy atom. The van der Waals surface area contributed by atoms with Gasteiger partial charge in [-0.2, -0.15) is 0 Å². The summed E-state index contributed by atoms with van der Waals surface area (Å²) >= 11 is 0. The van der Waals surface area contributed by atoms with E-state index in [0.29, 0.717) is 12.2 Å². The monoisotopic (exact) mass is 314 g/mol. The molecule has 2 N–H and O–H groups in total. The first-order valence-corrected chi connectivity index (χ1v) is 7.44. The summed E-state index contributed by atoms with van der Waals surface area (Å²) in [4.78, 5) is 20.1. The second-order valence-corrected chi connectivity index (χ2v) is 6.15. The Kier molecular flexibility index (Phi) is 5.16. The van der Waals surface area contributed by atoms with Crippen molar-refractivity contribution in [3.8, 4) is 0 Å². The maximum absolute atomic E-state index is 11.7. The van der Waals surface area contributed by atoms with Crippen LogP contribution in [0, 0.1) is 6.92 Å². The lowest BCUT2D eigenvalue weighted by Crippen LogP contribution is -2.27. The van der Waals surface area contributed by atoms with Crippen LogP contribution in [-0.4, -0.2) is 21.7 Å². The minimum absolute atomic E-state index is 0.463. The molecule has 1 heterocycles. The number of ether oxygens (including phenoxy) is 1. The van der Waals surface area contributed by atoms with Crippen LogP contribution in [0.15, 0.2) is 36.5 Å². The molecule has 1 aromatic carbocycles. The third kappa shape index (κ3) is 5.94. The van der Waals surface area contributed by atoms with Crippen molar-refractivity contribution in [2.75, 3.05) is 10.6 Å². The first kappa shape index (κ1) is 16.7.